The van der Waals surface area contributed by atoms with Gasteiger partial charge in [-0.25, -0.2) is 14.6 Å². The summed E-state index contributed by atoms with van der Waals surface area (Å²) in [5, 5.41) is 6.64. The van der Waals surface area contributed by atoms with Crippen molar-refractivity contribution in [2.75, 3.05) is 23.6 Å². The zero-order valence-corrected chi connectivity index (χ0v) is 19.8. The lowest BCUT2D eigenvalue weighted by atomic mass is 10.2. The third kappa shape index (κ3) is 3.75. The van der Waals surface area contributed by atoms with Gasteiger partial charge in [-0.2, -0.15) is 5.10 Å². The molecule has 0 aromatic heterocycles. The van der Waals surface area contributed by atoms with Crippen molar-refractivity contribution in [3.63, 3.8) is 0 Å². The SMILES string of the molecule is CCOC(=O)C1=C(C)N(c2ccccc2)C2(SC(C(=O)OC)=NN2c2cccc(C)c2)S1. The lowest BCUT2D eigenvalue weighted by molar-refractivity contribution is -0.137. The van der Waals surface area contributed by atoms with Crippen LogP contribution in [0.25, 0.3) is 0 Å². The molecule has 0 radical (unpaired) electrons. The lowest BCUT2D eigenvalue weighted by Gasteiger charge is -2.41. The number of carbonyl (C=O) groups is 2. The molecule has 2 aliphatic heterocycles. The monoisotopic (exact) mass is 469 g/mol. The molecule has 9 heteroatoms. The number of allylic oxidation sites excluding steroid dienone is 1. The van der Waals surface area contributed by atoms with E-state index in [4.69, 9.17) is 9.47 Å². The number of anilines is 2. The lowest BCUT2D eigenvalue weighted by Crippen LogP contribution is -2.49. The number of rotatable bonds is 5. The van der Waals surface area contributed by atoms with Gasteiger partial charge in [-0.3, -0.25) is 0 Å². The molecule has 0 saturated heterocycles. The highest BCUT2D eigenvalue weighted by atomic mass is 32.2. The van der Waals surface area contributed by atoms with Crippen molar-refractivity contribution in [3.8, 4) is 0 Å². The number of thioether (sulfide) groups is 2. The molecular weight excluding hydrogens is 446 g/mol. The highest BCUT2D eigenvalue weighted by Gasteiger charge is 2.58. The molecule has 0 saturated carbocycles. The summed E-state index contributed by atoms with van der Waals surface area (Å²) >= 11 is 2.57. The number of para-hydroxylation sites is 1. The topological polar surface area (TPSA) is 71.4 Å². The predicted molar refractivity (Wildman–Crippen MR) is 129 cm³/mol. The maximum absolute atomic E-state index is 12.9. The van der Waals surface area contributed by atoms with Crippen molar-refractivity contribution in [1.29, 1.82) is 0 Å². The second kappa shape index (κ2) is 8.91. The molecule has 32 heavy (non-hydrogen) atoms. The van der Waals surface area contributed by atoms with E-state index in [-0.39, 0.29) is 11.7 Å². The Hall–Kier alpha value is -2.91. The minimum absolute atomic E-state index is 0.209. The van der Waals surface area contributed by atoms with E-state index in [1.165, 1.54) is 30.6 Å². The minimum atomic E-state index is -0.981. The maximum atomic E-state index is 12.9. The molecule has 0 aliphatic carbocycles. The Morgan fingerprint density at radius 3 is 2.38 bits per heavy atom. The first kappa shape index (κ1) is 22.3. The number of esters is 2. The quantitative estimate of drug-likeness (QED) is 0.584. The molecule has 4 rings (SSSR count). The zero-order chi connectivity index (χ0) is 22.9. The van der Waals surface area contributed by atoms with E-state index >= 15 is 0 Å². The number of aryl methyl sites for hydroxylation is 1. The van der Waals surface area contributed by atoms with Crippen molar-refractivity contribution in [3.05, 3.63) is 70.8 Å². The first-order valence-electron chi connectivity index (χ1n) is 10.1. The summed E-state index contributed by atoms with van der Waals surface area (Å²) in [6, 6.07) is 17.6. The van der Waals surface area contributed by atoms with E-state index in [2.05, 4.69) is 5.10 Å². The highest BCUT2D eigenvalue weighted by molar-refractivity contribution is 8.29. The number of methoxy groups -OCH3 is 1. The molecule has 2 aliphatic rings. The molecular formula is C23H23N3O4S2. The molecule has 0 fully saturated rings. The average molecular weight is 470 g/mol. The van der Waals surface area contributed by atoms with Gasteiger partial charge in [0.1, 0.15) is 4.91 Å². The Balaban J connectivity index is 1.90. The molecule has 166 valence electrons. The van der Waals surface area contributed by atoms with Gasteiger partial charge in [-0.1, -0.05) is 42.1 Å². The number of nitrogens with zero attached hydrogens (tertiary/aromatic N) is 3. The number of ether oxygens (including phenoxy) is 2. The number of benzene rings is 2. The van der Waals surface area contributed by atoms with E-state index < -0.39 is 16.3 Å². The molecule has 0 amide bonds. The Kier molecular flexibility index (Phi) is 6.21. The highest BCUT2D eigenvalue weighted by Crippen LogP contribution is 2.60. The molecule has 2 aromatic carbocycles. The van der Waals surface area contributed by atoms with Gasteiger partial charge >= 0.3 is 11.9 Å². The first-order valence-corrected chi connectivity index (χ1v) is 11.7. The molecule has 2 aromatic rings. The van der Waals surface area contributed by atoms with Crippen LogP contribution in [0, 0.1) is 6.92 Å². The van der Waals surface area contributed by atoms with Crippen LogP contribution in [0.1, 0.15) is 19.4 Å². The molecule has 7 nitrogen and oxygen atoms in total. The number of hydrogen-bond donors (Lipinski definition) is 0. The van der Waals surface area contributed by atoms with E-state index in [0.29, 0.717) is 4.91 Å². The number of carbonyl (C=O) groups excluding carboxylic acids is 2. The van der Waals surface area contributed by atoms with Gasteiger partial charge in [0, 0.05) is 11.4 Å². The van der Waals surface area contributed by atoms with Crippen LogP contribution in [0.15, 0.2) is 70.3 Å². The fraction of sp³-hybridized carbons (Fsp3) is 0.261. The van der Waals surface area contributed by atoms with E-state index in [1.807, 2.05) is 73.3 Å². The van der Waals surface area contributed by atoms with Gasteiger partial charge in [0.2, 0.25) is 9.37 Å². The summed E-state index contributed by atoms with van der Waals surface area (Å²) in [4.78, 5) is 27.9. The largest absolute Gasteiger partial charge is 0.464 e. The summed E-state index contributed by atoms with van der Waals surface area (Å²) in [6.07, 6.45) is 0. The van der Waals surface area contributed by atoms with Crippen molar-refractivity contribution in [2.45, 2.75) is 25.1 Å². The fourth-order valence-corrected chi connectivity index (χ4v) is 6.56. The van der Waals surface area contributed by atoms with Crippen molar-refractivity contribution in [2.24, 2.45) is 5.10 Å². The van der Waals surface area contributed by atoms with E-state index in [0.717, 1.165) is 22.6 Å². The molecule has 0 N–H and O–H groups in total. The van der Waals surface area contributed by atoms with Crippen LogP contribution >= 0.6 is 23.5 Å². The average Bonchev–Trinajstić information content (AvgIpc) is 3.31. The normalized spacial score (nSPS) is 20.1. The molecule has 1 spiro atoms. The molecule has 2 heterocycles. The van der Waals surface area contributed by atoms with Gasteiger partial charge in [-0.05, 0) is 62.4 Å². The van der Waals surface area contributed by atoms with Crippen LogP contribution in [-0.2, 0) is 19.1 Å². The van der Waals surface area contributed by atoms with Crippen LogP contribution in [0.4, 0.5) is 11.4 Å². The number of hydrogen-bond acceptors (Lipinski definition) is 9. The number of hydrazone groups is 1. The second-order valence-corrected chi connectivity index (χ2v) is 9.71. The third-order valence-corrected chi connectivity index (χ3v) is 7.80. The van der Waals surface area contributed by atoms with Gasteiger partial charge in [-0.15, -0.1) is 0 Å². The van der Waals surface area contributed by atoms with Gasteiger partial charge in [0.05, 0.1) is 19.4 Å². The van der Waals surface area contributed by atoms with Crippen molar-refractivity contribution >= 4 is 51.9 Å². The zero-order valence-electron chi connectivity index (χ0n) is 18.2. The molecule has 1 atom stereocenters. The fourth-order valence-electron chi connectivity index (χ4n) is 3.58. The van der Waals surface area contributed by atoms with E-state index in [1.54, 1.807) is 11.9 Å². The van der Waals surface area contributed by atoms with Crippen LogP contribution in [-0.4, -0.2) is 35.0 Å². The van der Waals surface area contributed by atoms with E-state index in [9.17, 15) is 9.59 Å². The van der Waals surface area contributed by atoms with Crippen LogP contribution in [0.2, 0.25) is 0 Å². The maximum Gasteiger partial charge on any atom is 0.365 e. The van der Waals surface area contributed by atoms with Gasteiger partial charge in [0.25, 0.3) is 0 Å². The van der Waals surface area contributed by atoms with Gasteiger partial charge in [0.15, 0.2) is 0 Å². The summed E-state index contributed by atoms with van der Waals surface area (Å²) in [5.74, 6) is -0.926. The minimum Gasteiger partial charge on any atom is -0.464 e. The smallest absolute Gasteiger partial charge is 0.365 e. The summed E-state index contributed by atoms with van der Waals surface area (Å²) in [6.45, 7) is 5.92. The summed E-state index contributed by atoms with van der Waals surface area (Å²) < 4.78 is 9.33. The van der Waals surface area contributed by atoms with Gasteiger partial charge < -0.3 is 14.4 Å². The molecule has 1 unspecified atom stereocenters. The first-order chi connectivity index (χ1) is 15.4. The Morgan fingerprint density at radius 2 is 1.72 bits per heavy atom. The Labute approximate surface area is 195 Å². The van der Waals surface area contributed by atoms with Crippen molar-refractivity contribution in [1.82, 2.24) is 0 Å². The summed E-state index contributed by atoms with van der Waals surface area (Å²) in [5.41, 5.74) is 3.44. The molecule has 0 bridgehead atoms. The predicted octanol–water partition coefficient (Wildman–Crippen LogP) is 4.69. The standard InChI is InChI=1S/C23H23N3O4S2/c1-5-30-21(27)19-16(3)25(17-11-7-6-8-12-17)23(31-19)26(18-13-9-10-15(2)14-18)24-20(32-23)22(28)29-4/h6-14H,5H2,1-4H3. The third-order valence-electron chi connectivity index (χ3n) is 4.95. The second-order valence-electron chi connectivity index (χ2n) is 7.11. The van der Waals surface area contributed by atoms with Crippen LogP contribution in [0.5, 0.6) is 0 Å². The van der Waals surface area contributed by atoms with Crippen LogP contribution < -0.4 is 9.91 Å². The summed E-state index contributed by atoms with van der Waals surface area (Å²) in [7, 11) is 1.33. The Morgan fingerprint density at radius 1 is 1.00 bits per heavy atom. The van der Waals surface area contributed by atoms with Crippen molar-refractivity contribution < 1.29 is 19.1 Å². The Bertz CT molecular complexity index is 1120. The van der Waals surface area contributed by atoms with Crippen LogP contribution in [0.3, 0.4) is 0 Å².